The quantitative estimate of drug-likeness (QED) is 0.677. The van der Waals surface area contributed by atoms with Gasteiger partial charge in [-0.15, -0.1) is 0 Å². The zero-order valence-corrected chi connectivity index (χ0v) is 9.46. The molecule has 0 unspecified atom stereocenters. The highest BCUT2D eigenvalue weighted by Crippen LogP contribution is 2.24. The second-order valence-corrected chi connectivity index (χ2v) is 4.65. The maximum Gasteiger partial charge on any atom is 0.219 e. The summed E-state index contributed by atoms with van der Waals surface area (Å²) in [6, 6.07) is 0.727. The van der Waals surface area contributed by atoms with Crippen molar-refractivity contribution < 1.29 is 4.79 Å². The van der Waals surface area contributed by atoms with E-state index < -0.39 is 0 Å². The topological polar surface area (TPSA) is 44.4 Å². The van der Waals surface area contributed by atoms with E-state index in [1.54, 1.807) is 7.05 Å². The second-order valence-electron chi connectivity index (χ2n) is 4.65. The maximum absolute atomic E-state index is 11.0. The van der Waals surface area contributed by atoms with Gasteiger partial charge in [0.1, 0.15) is 0 Å². The van der Waals surface area contributed by atoms with Crippen molar-refractivity contribution >= 4 is 5.91 Å². The van der Waals surface area contributed by atoms with Gasteiger partial charge in [0.15, 0.2) is 0 Å². The predicted octanol–water partition coefficient (Wildman–Crippen LogP) is -0.194. The first-order valence-corrected chi connectivity index (χ1v) is 5.96. The molecule has 0 aromatic carbocycles. The van der Waals surface area contributed by atoms with Crippen LogP contribution in [0.2, 0.25) is 0 Å². The maximum atomic E-state index is 11.0. The van der Waals surface area contributed by atoms with Crippen molar-refractivity contribution in [1.82, 2.24) is 15.5 Å². The molecule has 0 spiro atoms. The Bertz CT molecular complexity index is 220. The average Bonchev–Trinajstić information content (AvgIpc) is 2.77. The van der Waals surface area contributed by atoms with Gasteiger partial charge in [-0.05, 0) is 31.8 Å². The van der Waals surface area contributed by atoms with Crippen LogP contribution < -0.4 is 10.6 Å². The molecule has 2 atom stereocenters. The molecule has 15 heavy (non-hydrogen) atoms. The summed E-state index contributed by atoms with van der Waals surface area (Å²) in [6.45, 7) is 4.67. The molecular formula is C11H21N3O. The molecule has 2 saturated heterocycles. The van der Waals surface area contributed by atoms with Crippen molar-refractivity contribution in [2.24, 2.45) is 5.92 Å². The van der Waals surface area contributed by atoms with E-state index >= 15 is 0 Å². The highest BCUT2D eigenvalue weighted by molar-refractivity contribution is 5.75. The van der Waals surface area contributed by atoms with E-state index in [0.29, 0.717) is 6.42 Å². The van der Waals surface area contributed by atoms with E-state index in [4.69, 9.17) is 0 Å². The summed E-state index contributed by atoms with van der Waals surface area (Å²) in [5, 5.41) is 6.20. The molecule has 1 amide bonds. The van der Waals surface area contributed by atoms with Crippen LogP contribution in [0.1, 0.15) is 19.3 Å². The first kappa shape index (κ1) is 10.9. The van der Waals surface area contributed by atoms with Crippen LogP contribution in [0.15, 0.2) is 0 Å². The number of carbonyl (C=O) groups is 1. The van der Waals surface area contributed by atoms with Crippen molar-refractivity contribution in [2.45, 2.75) is 25.3 Å². The van der Waals surface area contributed by atoms with Crippen molar-refractivity contribution in [3.8, 4) is 0 Å². The van der Waals surface area contributed by atoms with Crippen LogP contribution in [0.3, 0.4) is 0 Å². The third kappa shape index (κ3) is 2.69. The van der Waals surface area contributed by atoms with Crippen LogP contribution in [0.5, 0.6) is 0 Å². The molecule has 2 N–H and O–H groups in total. The Hall–Kier alpha value is -0.610. The summed E-state index contributed by atoms with van der Waals surface area (Å²) >= 11 is 0. The van der Waals surface area contributed by atoms with Gasteiger partial charge in [0.05, 0.1) is 0 Å². The smallest absolute Gasteiger partial charge is 0.219 e. The molecule has 0 bridgehead atoms. The summed E-state index contributed by atoms with van der Waals surface area (Å²) in [5.41, 5.74) is 0. The molecule has 2 aliphatic heterocycles. The van der Waals surface area contributed by atoms with Gasteiger partial charge in [0.25, 0.3) is 0 Å². The average molecular weight is 211 g/mol. The molecule has 4 heteroatoms. The van der Waals surface area contributed by atoms with Gasteiger partial charge in [-0.2, -0.15) is 0 Å². The summed E-state index contributed by atoms with van der Waals surface area (Å²) < 4.78 is 0. The fourth-order valence-electron chi connectivity index (χ4n) is 2.71. The zero-order valence-electron chi connectivity index (χ0n) is 9.46. The van der Waals surface area contributed by atoms with E-state index in [9.17, 15) is 4.79 Å². The fraction of sp³-hybridized carbons (Fsp3) is 0.909. The molecule has 0 saturated carbocycles. The van der Waals surface area contributed by atoms with Crippen LogP contribution in [-0.2, 0) is 4.79 Å². The van der Waals surface area contributed by atoms with E-state index in [2.05, 4.69) is 15.5 Å². The Kier molecular flexibility index (Phi) is 3.59. The largest absolute Gasteiger partial charge is 0.359 e. The Labute approximate surface area is 91.4 Å². The van der Waals surface area contributed by atoms with Gasteiger partial charge in [-0.1, -0.05) is 0 Å². The predicted molar refractivity (Wildman–Crippen MR) is 59.6 cm³/mol. The molecule has 2 heterocycles. The van der Waals surface area contributed by atoms with Crippen LogP contribution in [0, 0.1) is 5.92 Å². The van der Waals surface area contributed by atoms with Crippen molar-refractivity contribution in [3.05, 3.63) is 0 Å². The highest BCUT2D eigenvalue weighted by atomic mass is 16.1. The van der Waals surface area contributed by atoms with Crippen molar-refractivity contribution in [3.63, 3.8) is 0 Å². The lowest BCUT2D eigenvalue weighted by molar-refractivity contribution is -0.120. The molecular weight excluding hydrogens is 190 g/mol. The number of hydrogen-bond acceptors (Lipinski definition) is 3. The van der Waals surface area contributed by atoms with E-state index in [1.807, 2.05) is 0 Å². The first-order valence-electron chi connectivity index (χ1n) is 5.96. The number of fused-ring (bicyclic) bond motifs is 1. The summed E-state index contributed by atoms with van der Waals surface area (Å²) in [4.78, 5) is 13.5. The molecule has 0 radical (unpaired) electrons. The lowest BCUT2D eigenvalue weighted by Gasteiger charge is -2.16. The minimum absolute atomic E-state index is 0.160. The lowest BCUT2D eigenvalue weighted by Crippen LogP contribution is -2.31. The van der Waals surface area contributed by atoms with Gasteiger partial charge in [-0.25, -0.2) is 0 Å². The van der Waals surface area contributed by atoms with Crippen molar-refractivity contribution in [2.75, 3.05) is 33.2 Å². The molecule has 2 aliphatic rings. The van der Waals surface area contributed by atoms with Gasteiger partial charge in [0.2, 0.25) is 5.91 Å². The van der Waals surface area contributed by atoms with Crippen LogP contribution in [0.4, 0.5) is 0 Å². The fourth-order valence-corrected chi connectivity index (χ4v) is 2.71. The summed E-state index contributed by atoms with van der Waals surface area (Å²) in [6.07, 6.45) is 2.98. The summed E-state index contributed by atoms with van der Waals surface area (Å²) in [5.74, 6) is 1.03. The molecule has 2 rings (SSSR count). The first-order chi connectivity index (χ1) is 7.29. The minimum atomic E-state index is 0.160. The van der Waals surface area contributed by atoms with Crippen LogP contribution >= 0.6 is 0 Å². The second kappa shape index (κ2) is 4.94. The molecule has 2 fully saturated rings. The van der Waals surface area contributed by atoms with E-state index in [0.717, 1.165) is 24.9 Å². The van der Waals surface area contributed by atoms with Gasteiger partial charge >= 0.3 is 0 Å². The number of nitrogens with zero attached hydrogens (tertiary/aromatic N) is 1. The molecule has 0 aromatic heterocycles. The van der Waals surface area contributed by atoms with Crippen LogP contribution in [-0.4, -0.2) is 50.1 Å². The van der Waals surface area contributed by atoms with Gasteiger partial charge < -0.3 is 15.5 Å². The van der Waals surface area contributed by atoms with Crippen molar-refractivity contribution in [1.29, 1.82) is 0 Å². The standard InChI is InChI=1S/C11H21N3O/c1-12-11(15)3-2-6-14-7-9-4-5-13-10(9)8-14/h9-10,13H,2-8H2,1H3,(H,12,15)/t9-,10+/m0/s1. The number of nitrogens with one attached hydrogen (secondary N) is 2. The van der Waals surface area contributed by atoms with Gasteiger partial charge in [0, 0.05) is 32.6 Å². The SMILES string of the molecule is CNC(=O)CCCN1C[C@@H]2CCN[C@@H]2C1. The molecule has 0 aliphatic carbocycles. The number of amides is 1. The zero-order chi connectivity index (χ0) is 10.7. The number of hydrogen-bond donors (Lipinski definition) is 2. The van der Waals surface area contributed by atoms with Gasteiger partial charge in [-0.3, -0.25) is 4.79 Å². The Morgan fingerprint density at radius 3 is 3.13 bits per heavy atom. The van der Waals surface area contributed by atoms with Crippen LogP contribution in [0.25, 0.3) is 0 Å². The molecule has 86 valence electrons. The van der Waals surface area contributed by atoms with E-state index in [-0.39, 0.29) is 5.91 Å². The number of likely N-dealkylation sites (tertiary alicyclic amines) is 1. The third-order valence-corrected chi connectivity index (χ3v) is 3.60. The summed E-state index contributed by atoms with van der Waals surface area (Å²) in [7, 11) is 1.70. The molecule has 4 nitrogen and oxygen atoms in total. The highest BCUT2D eigenvalue weighted by Gasteiger charge is 2.35. The number of carbonyl (C=O) groups excluding carboxylic acids is 1. The number of rotatable bonds is 4. The Balaban J connectivity index is 1.63. The molecule has 0 aromatic rings. The Morgan fingerprint density at radius 1 is 1.53 bits per heavy atom. The minimum Gasteiger partial charge on any atom is -0.359 e. The normalized spacial score (nSPS) is 30.5. The monoisotopic (exact) mass is 211 g/mol. The third-order valence-electron chi connectivity index (χ3n) is 3.60. The van der Waals surface area contributed by atoms with E-state index in [1.165, 1.54) is 26.1 Å². The Morgan fingerprint density at radius 2 is 2.40 bits per heavy atom. The lowest BCUT2D eigenvalue weighted by atomic mass is 10.1.